The third kappa shape index (κ3) is 2.87. The van der Waals surface area contributed by atoms with Gasteiger partial charge in [-0.1, -0.05) is 11.6 Å². The molecule has 2 aliphatic heterocycles. The summed E-state index contributed by atoms with van der Waals surface area (Å²) in [4.78, 5) is 14.8. The van der Waals surface area contributed by atoms with E-state index in [4.69, 9.17) is 21.1 Å². The molecule has 1 unspecified atom stereocenters. The van der Waals surface area contributed by atoms with Gasteiger partial charge in [-0.25, -0.2) is 0 Å². The zero-order chi connectivity index (χ0) is 17.8. The first-order chi connectivity index (χ1) is 12.6. The molecule has 0 saturated heterocycles. The number of halogens is 2. The van der Waals surface area contributed by atoms with Gasteiger partial charge in [0.1, 0.15) is 6.54 Å². The molecule has 0 radical (unpaired) electrons. The quantitative estimate of drug-likeness (QED) is 0.582. The number of rotatable bonds is 1. The summed E-state index contributed by atoms with van der Waals surface area (Å²) in [6.45, 7) is 2.12. The Balaban J connectivity index is 0.00000180. The van der Waals surface area contributed by atoms with Crippen LogP contribution in [0.15, 0.2) is 36.4 Å². The minimum Gasteiger partial charge on any atom is -1.00 e. The molecule has 7 heteroatoms. The van der Waals surface area contributed by atoms with Crippen LogP contribution in [-0.4, -0.2) is 30.9 Å². The molecule has 0 amide bonds. The average Bonchev–Trinajstić information content (AvgIpc) is 3.21. The highest BCUT2D eigenvalue weighted by Gasteiger charge is 2.30. The van der Waals surface area contributed by atoms with Crippen LogP contribution < -0.4 is 26.8 Å². The predicted octanol–water partition coefficient (Wildman–Crippen LogP) is -0.713. The Hall–Kier alpha value is -2.21. The number of ether oxygens (including phenoxy) is 2. The van der Waals surface area contributed by atoms with Gasteiger partial charge in [-0.05, 0) is 30.3 Å². The van der Waals surface area contributed by atoms with Gasteiger partial charge in [0, 0.05) is 39.7 Å². The van der Waals surface area contributed by atoms with Gasteiger partial charge >= 0.3 is 0 Å². The molecule has 27 heavy (non-hydrogen) atoms. The highest BCUT2D eigenvalue weighted by molar-refractivity contribution is 6.30. The predicted molar refractivity (Wildman–Crippen MR) is 98.4 cm³/mol. The maximum Gasteiger partial charge on any atom is 0.262 e. The largest absolute Gasteiger partial charge is 1.00 e. The molecule has 1 aromatic heterocycles. The number of aromatic nitrogens is 1. The molecule has 1 N–H and O–H groups in total. The van der Waals surface area contributed by atoms with Crippen molar-refractivity contribution in [3.63, 3.8) is 0 Å². The molecule has 0 spiro atoms. The topological polar surface area (TPSA) is 44.9 Å². The van der Waals surface area contributed by atoms with Crippen LogP contribution in [0.25, 0.3) is 10.9 Å². The molecule has 2 aromatic carbocycles. The fourth-order valence-corrected chi connectivity index (χ4v) is 4.06. The van der Waals surface area contributed by atoms with Crippen LogP contribution in [0.3, 0.4) is 0 Å². The number of benzene rings is 2. The van der Waals surface area contributed by atoms with Crippen LogP contribution in [0.1, 0.15) is 21.6 Å². The summed E-state index contributed by atoms with van der Waals surface area (Å²) >= 11 is 5.98. The number of carbonyl (C=O) groups is 1. The van der Waals surface area contributed by atoms with Crippen LogP contribution in [-0.2, 0) is 13.0 Å². The van der Waals surface area contributed by atoms with E-state index < -0.39 is 0 Å². The van der Waals surface area contributed by atoms with E-state index in [0.29, 0.717) is 16.3 Å². The summed E-state index contributed by atoms with van der Waals surface area (Å²) in [7, 11) is 2.18. The summed E-state index contributed by atoms with van der Waals surface area (Å²) in [5, 5.41) is 1.69. The lowest BCUT2D eigenvalue weighted by Gasteiger charge is -2.21. The zero-order valence-electron chi connectivity index (χ0n) is 14.7. The highest BCUT2D eigenvalue weighted by Crippen LogP contribution is 2.39. The second kappa shape index (κ2) is 6.75. The summed E-state index contributed by atoms with van der Waals surface area (Å²) in [6.07, 6.45) is 0.863. The Labute approximate surface area is 167 Å². The number of carbonyl (C=O) groups excluding carboxylic acids is 1. The Morgan fingerprint density at radius 2 is 1.85 bits per heavy atom. The second-order valence-electron chi connectivity index (χ2n) is 6.93. The zero-order valence-corrected chi connectivity index (χ0v) is 16.2. The van der Waals surface area contributed by atoms with Crippen molar-refractivity contribution in [2.75, 3.05) is 20.4 Å². The smallest absolute Gasteiger partial charge is 0.262 e. The number of hydrogen-bond donors (Lipinski definition) is 1. The van der Waals surface area contributed by atoms with Crippen LogP contribution in [0, 0.1) is 0 Å². The van der Waals surface area contributed by atoms with E-state index in [9.17, 15) is 4.79 Å². The fraction of sp³-hybridized carbons (Fsp3) is 0.250. The van der Waals surface area contributed by atoms with E-state index in [1.807, 2.05) is 16.7 Å². The Morgan fingerprint density at radius 1 is 1.15 bits per heavy atom. The molecular formula is C20H18Cl2N2O3. The highest BCUT2D eigenvalue weighted by atomic mass is 35.5. The molecule has 140 valence electrons. The van der Waals surface area contributed by atoms with E-state index in [0.717, 1.165) is 41.9 Å². The van der Waals surface area contributed by atoms with Crippen molar-refractivity contribution in [2.45, 2.75) is 13.0 Å². The summed E-state index contributed by atoms with van der Waals surface area (Å²) in [5.41, 5.74) is 3.82. The van der Waals surface area contributed by atoms with Crippen molar-refractivity contribution in [3.8, 4) is 11.5 Å². The average molecular weight is 405 g/mol. The van der Waals surface area contributed by atoms with Gasteiger partial charge in [0.2, 0.25) is 6.79 Å². The number of fused-ring (bicyclic) bond motifs is 4. The number of likely N-dealkylation sites (N-methyl/N-ethyl adjacent to an activating group) is 1. The summed E-state index contributed by atoms with van der Waals surface area (Å²) in [5.74, 6) is 1.41. The molecule has 3 aromatic rings. The SMILES string of the molecule is C[NH+]1CCc2c(c3cc4c(cc3n2C(=O)c2ccc(Cl)cc2)OCO4)C1.[Cl-]. The van der Waals surface area contributed by atoms with Crippen molar-refractivity contribution in [1.29, 1.82) is 0 Å². The number of quaternary nitrogens is 1. The summed E-state index contributed by atoms with van der Waals surface area (Å²) < 4.78 is 12.9. The lowest BCUT2D eigenvalue weighted by Crippen LogP contribution is -3.08. The third-order valence-electron chi connectivity index (χ3n) is 5.24. The van der Waals surface area contributed by atoms with Crippen LogP contribution in [0.2, 0.25) is 5.02 Å². The third-order valence-corrected chi connectivity index (χ3v) is 5.49. The first-order valence-corrected chi connectivity index (χ1v) is 9.07. The van der Waals surface area contributed by atoms with Crippen molar-refractivity contribution >= 4 is 28.4 Å². The van der Waals surface area contributed by atoms with Gasteiger partial charge in [-0.15, -0.1) is 0 Å². The van der Waals surface area contributed by atoms with Gasteiger partial charge in [-0.3, -0.25) is 9.36 Å². The number of hydrogen-bond acceptors (Lipinski definition) is 3. The molecule has 3 heterocycles. The van der Waals surface area contributed by atoms with Crippen molar-refractivity contribution in [1.82, 2.24) is 4.57 Å². The van der Waals surface area contributed by atoms with Gasteiger partial charge in [0.15, 0.2) is 11.5 Å². The maximum atomic E-state index is 13.3. The standard InChI is InChI=1S/C20H17ClN2O3.ClH/c1-22-7-6-16-15(10-22)14-8-18-19(26-11-25-18)9-17(14)23(16)20(24)12-2-4-13(21)5-3-12;/h2-5,8-9H,6-7,10-11H2,1H3;1H. The number of nitrogens with one attached hydrogen (secondary N) is 1. The monoisotopic (exact) mass is 404 g/mol. The molecule has 0 aliphatic carbocycles. The molecule has 5 nitrogen and oxygen atoms in total. The Morgan fingerprint density at radius 3 is 2.59 bits per heavy atom. The van der Waals surface area contributed by atoms with Gasteiger partial charge < -0.3 is 26.8 Å². The normalized spacial score (nSPS) is 17.5. The molecule has 2 aliphatic rings. The summed E-state index contributed by atoms with van der Waals surface area (Å²) in [6, 6.07) is 11.0. The Bertz CT molecular complexity index is 1040. The van der Waals surface area contributed by atoms with Crippen LogP contribution in [0.5, 0.6) is 11.5 Å². The van der Waals surface area contributed by atoms with E-state index in [2.05, 4.69) is 7.05 Å². The van der Waals surface area contributed by atoms with E-state index in [1.54, 1.807) is 24.3 Å². The molecule has 0 saturated carbocycles. The van der Waals surface area contributed by atoms with Crippen LogP contribution >= 0.6 is 11.6 Å². The van der Waals surface area contributed by atoms with Crippen molar-refractivity contribution < 1.29 is 31.6 Å². The van der Waals surface area contributed by atoms with Gasteiger partial charge in [0.25, 0.3) is 5.91 Å². The van der Waals surface area contributed by atoms with Crippen molar-refractivity contribution in [3.05, 3.63) is 58.2 Å². The molecule has 0 fully saturated rings. The van der Waals surface area contributed by atoms with E-state index >= 15 is 0 Å². The van der Waals surface area contributed by atoms with E-state index in [1.165, 1.54) is 10.5 Å². The van der Waals surface area contributed by atoms with Gasteiger partial charge in [0.05, 0.1) is 19.1 Å². The first-order valence-electron chi connectivity index (χ1n) is 8.69. The molecular weight excluding hydrogens is 387 g/mol. The maximum absolute atomic E-state index is 13.3. The number of nitrogens with zero attached hydrogens (tertiary/aromatic N) is 1. The van der Waals surface area contributed by atoms with Crippen molar-refractivity contribution in [2.24, 2.45) is 0 Å². The minimum atomic E-state index is -0.0358. The lowest BCUT2D eigenvalue weighted by atomic mass is 10.0. The molecule has 1 atom stereocenters. The first kappa shape index (κ1) is 18.2. The fourth-order valence-electron chi connectivity index (χ4n) is 3.93. The van der Waals surface area contributed by atoms with Crippen LogP contribution in [0.4, 0.5) is 0 Å². The molecule has 0 bridgehead atoms. The second-order valence-corrected chi connectivity index (χ2v) is 7.37. The lowest BCUT2D eigenvalue weighted by molar-refractivity contribution is -0.895. The van der Waals surface area contributed by atoms with Gasteiger partial charge in [-0.2, -0.15) is 0 Å². The minimum absolute atomic E-state index is 0. The van der Waals surface area contributed by atoms with E-state index in [-0.39, 0.29) is 25.1 Å². The Kier molecular flexibility index (Phi) is 4.54. The molecule has 5 rings (SSSR count).